The Morgan fingerprint density at radius 2 is 1.83 bits per heavy atom. The Morgan fingerprint density at radius 1 is 1.07 bits per heavy atom. The first-order valence-corrected chi connectivity index (χ1v) is 15.4. The third-order valence-electron chi connectivity index (χ3n) is 7.42. The molecule has 0 saturated heterocycles. The van der Waals surface area contributed by atoms with Gasteiger partial charge in [-0.05, 0) is 111 Å². The molecule has 1 atom stereocenters. The average molecular weight is 698 g/mol. The van der Waals surface area contributed by atoms with E-state index in [-0.39, 0.29) is 17.7 Å². The number of methoxy groups -OCH3 is 2. The molecule has 2 aromatic carbocycles. The van der Waals surface area contributed by atoms with Crippen LogP contribution < -0.4 is 24.4 Å². The van der Waals surface area contributed by atoms with Crippen LogP contribution in [0.4, 0.5) is 0 Å². The molecule has 218 valence electrons. The molecule has 4 aromatic rings. The Hall–Kier alpha value is -3.64. The van der Waals surface area contributed by atoms with E-state index in [1.165, 1.54) is 20.5 Å². The summed E-state index contributed by atoms with van der Waals surface area (Å²) < 4.78 is 22.1. The van der Waals surface area contributed by atoms with Crippen LogP contribution in [0, 0.1) is 24.3 Å². The standard InChI is InChI=1S/C32H32IN3O5S/c1-8-41-31(38)28-19(4)34-32-36(29(28)24-16-23(39-6)11-12-26(24)40-7)30(37)27(42-32)14-21-13-18(3)35(20(21)5)22-10-9-17(2)25(33)15-22/h9-16,29H,8H2,1-7H3/b27-14+/t29-/m0/s1. The van der Waals surface area contributed by atoms with Crippen LogP contribution in [0.15, 0.2) is 63.5 Å². The number of thiazole rings is 1. The number of hydrogen-bond donors (Lipinski definition) is 0. The molecule has 0 saturated carbocycles. The van der Waals surface area contributed by atoms with Crippen molar-refractivity contribution in [2.24, 2.45) is 4.99 Å². The van der Waals surface area contributed by atoms with Crippen molar-refractivity contribution in [2.75, 3.05) is 20.8 Å². The lowest BCUT2D eigenvalue weighted by molar-refractivity contribution is -0.139. The Bertz CT molecular complexity index is 1930. The van der Waals surface area contributed by atoms with Crippen molar-refractivity contribution in [3.05, 3.63) is 105 Å². The number of nitrogens with zero attached hydrogens (tertiary/aromatic N) is 3. The molecule has 3 heterocycles. The summed E-state index contributed by atoms with van der Waals surface area (Å²) in [7, 11) is 3.12. The topological polar surface area (TPSA) is 84.1 Å². The lowest BCUT2D eigenvalue weighted by Gasteiger charge is -2.26. The molecule has 0 fully saturated rings. The lowest BCUT2D eigenvalue weighted by Crippen LogP contribution is -2.40. The number of halogens is 1. The number of allylic oxidation sites excluding steroid dienone is 1. The molecule has 0 unspecified atom stereocenters. The summed E-state index contributed by atoms with van der Waals surface area (Å²) in [4.78, 5) is 32.7. The van der Waals surface area contributed by atoms with Gasteiger partial charge in [0.2, 0.25) is 0 Å². The molecule has 0 spiro atoms. The van der Waals surface area contributed by atoms with Crippen molar-refractivity contribution in [3.8, 4) is 17.2 Å². The van der Waals surface area contributed by atoms with Gasteiger partial charge in [0.15, 0.2) is 4.80 Å². The van der Waals surface area contributed by atoms with Crippen molar-refractivity contribution in [3.63, 3.8) is 0 Å². The molecule has 0 bridgehead atoms. The summed E-state index contributed by atoms with van der Waals surface area (Å²) in [5.74, 6) is 0.561. The van der Waals surface area contributed by atoms with Crippen LogP contribution in [0.3, 0.4) is 0 Å². The number of aryl methyl sites for hydroxylation is 2. The van der Waals surface area contributed by atoms with Gasteiger partial charge in [-0.2, -0.15) is 0 Å². The predicted octanol–water partition coefficient (Wildman–Crippen LogP) is 5.14. The molecule has 1 aliphatic heterocycles. The van der Waals surface area contributed by atoms with E-state index >= 15 is 0 Å². The quantitative estimate of drug-likeness (QED) is 0.198. The summed E-state index contributed by atoms with van der Waals surface area (Å²) in [5.41, 5.74) is 6.44. The molecule has 8 nitrogen and oxygen atoms in total. The summed E-state index contributed by atoms with van der Waals surface area (Å²) in [6, 6.07) is 13.0. The van der Waals surface area contributed by atoms with Crippen LogP contribution >= 0.6 is 33.9 Å². The first-order valence-electron chi connectivity index (χ1n) is 13.5. The molecular formula is C32H32IN3O5S. The van der Waals surface area contributed by atoms with Crippen LogP contribution in [0.2, 0.25) is 0 Å². The molecule has 10 heteroatoms. The highest BCUT2D eigenvalue weighted by molar-refractivity contribution is 14.1. The fraction of sp³-hybridized carbons (Fsp3) is 0.281. The number of rotatable bonds is 7. The van der Waals surface area contributed by atoms with E-state index in [0.717, 1.165) is 22.6 Å². The fourth-order valence-electron chi connectivity index (χ4n) is 5.33. The number of aromatic nitrogens is 2. The molecule has 2 aromatic heterocycles. The zero-order valence-electron chi connectivity index (χ0n) is 24.6. The van der Waals surface area contributed by atoms with E-state index in [9.17, 15) is 9.59 Å². The van der Waals surface area contributed by atoms with Crippen molar-refractivity contribution in [2.45, 2.75) is 40.7 Å². The minimum absolute atomic E-state index is 0.192. The van der Waals surface area contributed by atoms with Gasteiger partial charge in [0.25, 0.3) is 5.56 Å². The maximum absolute atomic E-state index is 14.2. The molecule has 5 rings (SSSR count). The number of carbonyl (C=O) groups excluding carboxylic acids is 1. The Morgan fingerprint density at radius 3 is 2.50 bits per heavy atom. The zero-order valence-corrected chi connectivity index (χ0v) is 27.5. The maximum Gasteiger partial charge on any atom is 0.338 e. The van der Waals surface area contributed by atoms with E-state index in [2.05, 4.69) is 72.2 Å². The number of esters is 1. The molecule has 0 amide bonds. The van der Waals surface area contributed by atoms with Gasteiger partial charge in [-0.15, -0.1) is 0 Å². The minimum atomic E-state index is -0.811. The third kappa shape index (κ3) is 5.22. The van der Waals surface area contributed by atoms with Crippen molar-refractivity contribution in [1.82, 2.24) is 9.13 Å². The van der Waals surface area contributed by atoms with Crippen LogP contribution in [-0.2, 0) is 9.53 Å². The van der Waals surface area contributed by atoms with E-state index in [1.807, 2.05) is 6.08 Å². The predicted molar refractivity (Wildman–Crippen MR) is 173 cm³/mol. The molecule has 1 aliphatic rings. The van der Waals surface area contributed by atoms with Crippen molar-refractivity contribution >= 4 is 46.0 Å². The highest BCUT2D eigenvalue weighted by atomic mass is 127. The Balaban J connectivity index is 1.73. The van der Waals surface area contributed by atoms with Gasteiger partial charge in [0.1, 0.15) is 17.5 Å². The third-order valence-corrected chi connectivity index (χ3v) is 9.56. The highest BCUT2D eigenvalue weighted by Gasteiger charge is 2.35. The molecule has 42 heavy (non-hydrogen) atoms. The lowest BCUT2D eigenvalue weighted by atomic mass is 9.94. The van der Waals surface area contributed by atoms with Crippen molar-refractivity contribution in [1.29, 1.82) is 0 Å². The largest absolute Gasteiger partial charge is 0.497 e. The Kier molecular flexibility index (Phi) is 8.47. The monoisotopic (exact) mass is 697 g/mol. The normalized spacial score (nSPS) is 15.0. The second-order valence-corrected chi connectivity index (χ2v) is 12.2. The van der Waals surface area contributed by atoms with E-state index < -0.39 is 12.0 Å². The zero-order chi connectivity index (χ0) is 30.3. The molecule has 0 aliphatic carbocycles. The first kappa shape index (κ1) is 29.8. The second-order valence-electron chi connectivity index (χ2n) is 10.0. The maximum atomic E-state index is 14.2. The first-order chi connectivity index (χ1) is 20.1. The fourth-order valence-corrected chi connectivity index (χ4v) is 6.87. The van der Waals surface area contributed by atoms with Gasteiger partial charge in [-0.25, -0.2) is 9.79 Å². The number of fused-ring (bicyclic) bond motifs is 1. The minimum Gasteiger partial charge on any atom is -0.497 e. The van der Waals surface area contributed by atoms with Crippen LogP contribution in [0.1, 0.15) is 48.0 Å². The Labute approximate surface area is 261 Å². The van der Waals surface area contributed by atoms with E-state index in [1.54, 1.807) is 50.8 Å². The van der Waals surface area contributed by atoms with Crippen molar-refractivity contribution < 1.29 is 19.0 Å². The van der Waals surface area contributed by atoms with Gasteiger partial charge < -0.3 is 18.8 Å². The highest BCUT2D eigenvalue weighted by Crippen LogP contribution is 2.38. The summed E-state index contributed by atoms with van der Waals surface area (Å²) >= 11 is 3.64. The van der Waals surface area contributed by atoms with Crippen LogP contribution in [0.5, 0.6) is 11.5 Å². The van der Waals surface area contributed by atoms with Crippen LogP contribution in [0.25, 0.3) is 11.8 Å². The van der Waals surface area contributed by atoms with Gasteiger partial charge in [-0.3, -0.25) is 9.36 Å². The van der Waals surface area contributed by atoms with Gasteiger partial charge in [0, 0.05) is 26.2 Å². The molecule has 0 N–H and O–H groups in total. The van der Waals surface area contributed by atoms with Gasteiger partial charge in [-0.1, -0.05) is 17.4 Å². The summed E-state index contributed by atoms with van der Waals surface area (Å²) in [5, 5.41) is 0. The number of carbonyl (C=O) groups is 1. The summed E-state index contributed by atoms with van der Waals surface area (Å²) in [6.07, 6.45) is 1.91. The second kappa shape index (κ2) is 11.9. The number of ether oxygens (including phenoxy) is 3. The van der Waals surface area contributed by atoms with Crippen LogP contribution in [-0.4, -0.2) is 35.9 Å². The average Bonchev–Trinajstić information content (AvgIpc) is 3.42. The smallest absolute Gasteiger partial charge is 0.338 e. The summed E-state index contributed by atoms with van der Waals surface area (Å²) in [6.45, 7) is 9.91. The number of benzene rings is 2. The van der Waals surface area contributed by atoms with E-state index in [0.29, 0.717) is 32.1 Å². The van der Waals surface area contributed by atoms with E-state index in [4.69, 9.17) is 19.2 Å². The molecular weight excluding hydrogens is 665 g/mol. The van der Waals surface area contributed by atoms with Gasteiger partial charge >= 0.3 is 5.97 Å². The number of hydrogen-bond acceptors (Lipinski definition) is 7. The van der Waals surface area contributed by atoms with Gasteiger partial charge in [0.05, 0.1) is 36.6 Å². The SMILES string of the molecule is CCOC(=O)C1=C(C)N=c2s/c(=C/c3cc(C)n(-c4ccc(C)c(I)c4)c3C)c(=O)n2[C@H]1c1cc(OC)ccc1OC. The molecule has 0 radical (unpaired) electrons.